The van der Waals surface area contributed by atoms with Crippen LogP contribution in [0.5, 0.6) is 11.5 Å². The van der Waals surface area contributed by atoms with Crippen molar-refractivity contribution < 1.29 is 27.9 Å². The number of halogens is 4. The molecule has 0 spiro atoms. The number of ether oxygens (including phenoxy) is 1. The summed E-state index contributed by atoms with van der Waals surface area (Å²) in [5.74, 6) is 0.356. The fourth-order valence-electron chi connectivity index (χ4n) is 3.55. The third kappa shape index (κ3) is 6.67. The van der Waals surface area contributed by atoms with Gasteiger partial charge in [0.05, 0.1) is 16.1 Å². The molecule has 37 heavy (non-hydrogen) atoms. The van der Waals surface area contributed by atoms with Crippen LogP contribution in [0.1, 0.15) is 5.56 Å². The Balaban J connectivity index is 1.49. The molecule has 9 nitrogen and oxygen atoms in total. The summed E-state index contributed by atoms with van der Waals surface area (Å²) in [6.07, 6.45) is -1.27. The SMILES string of the molecule is CN(O)CC(=O)NCCn1ccc2ncnc(Nc3ccc(Oc4cccc(C(F)(F)F)c4)c(Cl)c3)c21. The molecule has 194 valence electrons. The zero-order valence-electron chi connectivity index (χ0n) is 19.5. The van der Waals surface area contributed by atoms with Crippen molar-refractivity contribution in [2.75, 3.05) is 25.5 Å². The van der Waals surface area contributed by atoms with Gasteiger partial charge in [0.2, 0.25) is 5.91 Å². The van der Waals surface area contributed by atoms with Gasteiger partial charge in [-0.1, -0.05) is 17.7 Å². The van der Waals surface area contributed by atoms with Gasteiger partial charge in [-0.2, -0.15) is 18.2 Å². The quantitative estimate of drug-likeness (QED) is 0.257. The maximum Gasteiger partial charge on any atom is 0.416 e. The number of likely N-dealkylation sites (N-methyl/N-ethyl adjacent to an activating group) is 1. The van der Waals surface area contributed by atoms with E-state index in [1.807, 2.05) is 16.8 Å². The van der Waals surface area contributed by atoms with E-state index < -0.39 is 11.7 Å². The Morgan fingerprint density at radius 3 is 2.73 bits per heavy atom. The maximum atomic E-state index is 13.0. The molecule has 1 amide bonds. The molecule has 3 N–H and O–H groups in total. The van der Waals surface area contributed by atoms with E-state index in [-0.39, 0.29) is 29.0 Å². The summed E-state index contributed by atoms with van der Waals surface area (Å²) in [4.78, 5) is 20.3. The lowest BCUT2D eigenvalue weighted by atomic mass is 10.2. The zero-order chi connectivity index (χ0) is 26.6. The molecular weight excluding hydrogens is 513 g/mol. The number of carbonyl (C=O) groups excluding carboxylic acids is 1. The summed E-state index contributed by atoms with van der Waals surface area (Å²) in [7, 11) is 1.38. The third-order valence-electron chi connectivity index (χ3n) is 5.18. The summed E-state index contributed by atoms with van der Waals surface area (Å²) >= 11 is 6.35. The second kappa shape index (κ2) is 11.0. The average Bonchev–Trinajstić information content (AvgIpc) is 3.24. The summed E-state index contributed by atoms with van der Waals surface area (Å²) < 4.78 is 46.4. The van der Waals surface area contributed by atoms with Gasteiger partial charge in [0.1, 0.15) is 29.9 Å². The zero-order valence-corrected chi connectivity index (χ0v) is 20.2. The molecule has 4 rings (SSSR count). The number of fused-ring (bicyclic) bond motifs is 1. The molecule has 0 atom stereocenters. The molecule has 0 saturated carbocycles. The van der Waals surface area contributed by atoms with Crippen molar-refractivity contribution in [1.29, 1.82) is 0 Å². The Kier molecular flexibility index (Phi) is 7.81. The molecule has 2 heterocycles. The van der Waals surface area contributed by atoms with Crippen LogP contribution >= 0.6 is 11.6 Å². The molecule has 2 aromatic carbocycles. The van der Waals surface area contributed by atoms with Gasteiger partial charge >= 0.3 is 6.18 Å². The second-order valence-electron chi connectivity index (χ2n) is 8.03. The van der Waals surface area contributed by atoms with E-state index in [1.165, 1.54) is 31.6 Å². The van der Waals surface area contributed by atoms with E-state index in [9.17, 15) is 18.0 Å². The van der Waals surface area contributed by atoms with Crippen molar-refractivity contribution in [3.8, 4) is 11.5 Å². The van der Waals surface area contributed by atoms with E-state index in [0.29, 0.717) is 35.6 Å². The van der Waals surface area contributed by atoms with Crippen LogP contribution in [0.3, 0.4) is 0 Å². The smallest absolute Gasteiger partial charge is 0.416 e. The fourth-order valence-corrected chi connectivity index (χ4v) is 3.77. The predicted octanol–water partition coefficient (Wildman–Crippen LogP) is 5.08. The normalized spacial score (nSPS) is 11.6. The van der Waals surface area contributed by atoms with E-state index in [0.717, 1.165) is 17.2 Å². The minimum absolute atomic E-state index is 0.00509. The van der Waals surface area contributed by atoms with Gasteiger partial charge in [0.25, 0.3) is 0 Å². The highest BCUT2D eigenvalue weighted by Gasteiger charge is 2.30. The molecular formula is C24H22ClF3N6O3. The number of nitrogens with one attached hydrogen (secondary N) is 2. The Morgan fingerprint density at radius 1 is 1.19 bits per heavy atom. The van der Waals surface area contributed by atoms with E-state index in [2.05, 4.69) is 20.6 Å². The van der Waals surface area contributed by atoms with Crippen LogP contribution in [0.15, 0.2) is 61.1 Å². The third-order valence-corrected chi connectivity index (χ3v) is 5.48. The topological polar surface area (TPSA) is 105 Å². The molecule has 0 bridgehead atoms. The number of benzene rings is 2. The minimum Gasteiger partial charge on any atom is -0.456 e. The van der Waals surface area contributed by atoms with Crippen LogP contribution in [0, 0.1) is 0 Å². The first kappa shape index (κ1) is 26.2. The van der Waals surface area contributed by atoms with E-state index in [1.54, 1.807) is 12.1 Å². The van der Waals surface area contributed by atoms with Gasteiger partial charge in [-0.25, -0.2) is 9.97 Å². The molecule has 2 aromatic heterocycles. The number of carbonyl (C=O) groups is 1. The molecule has 0 aliphatic rings. The van der Waals surface area contributed by atoms with Crippen LogP contribution in [-0.2, 0) is 17.5 Å². The lowest BCUT2D eigenvalue weighted by Gasteiger charge is -2.14. The van der Waals surface area contributed by atoms with Crippen molar-refractivity contribution in [2.45, 2.75) is 12.7 Å². The number of nitrogens with zero attached hydrogens (tertiary/aromatic N) is 4. The van der Waals surface area contributed by atoms with Crippen molar-refractivity contribution in [3.05, 3.63) is 71.6 Å². The highest BCUT2D eigenvalue weighted by molar-refractivity contribution is 6.32. The summed E-state index contributed by atoms with van der Waals surface area (Å²) in [5, 5.41) is 16.0. The predicted molar refractivity (Wildman–Crippen MR) is 131 cm³/mol. The highest BCUT2D eigenvalue weighted by atomic mass is 35.5. The molecule has 0 radical (unpaired) electrons. The maximum absolute atomic E-state index is 13.0. The molecule has 0 fully saturated rings. The standard InChI is InChI=1S/C24H22ClF3N6O3/c1-33(36)13-21(35)29-8-10-34-9-7-19-22(34)23(31-14-30-19)32-16-5-6-20(18(25)12-16)37-17-4-2-3-15(11-17)24(26,27)28/h2-7,9,11-12,14,36H,8,10,13H2,1H3,(H,29,35)(H,30,31,32). The monoisotopic (exact) mass is 534 g/mol. The van der Waals surface area contributed by atoms with Gasteiger partial charge in [-0.15, -0.1) is 0 Å². The Bertz CT molecular complexity index is 1410. The Labute approximate surface area is 214 Å². The molecule has 0 saturated heterocycles. The van der Waals surface area contributed by atoms with Crippen LogP contribution in [0.2, 0.25) is 5.02 Å². The first-order chi connectivity index (χ1) is 17.6. The van der Waals surface area contributed by atoms with E-state index >= 15 is 0 Å². The first-order valence-electron chi connectivity index (χ1n) is 11.0. The summed E-state index contributed by atoms with van der Waals surface area (Å²) in [5.41, 5.74) is 1.11. The Hall–Kier alpha value is -3.87. The minimum atomic E-state index is -4.49. The van der Waals surface area contributed by atoms with Gasteiger partial charge in [-0.3, -0.25) is 4.79 Å². The first-order valence-corrected chi connectivity index (χ1v) is 11.4. The number of hydrogen-bond donors (Lipinski definition) is 3. The van der Waals surface area contributed by atoms with Crippen LogP contribution in [0.4, 0.5) is 24.7 Å². The van der Waals surface area contributed by atoms with Gasteiger partial charge < -0.3 is 25.1 Å². The van der Waals surface area contributed by atoms with Gasteiger partial charge in [0, 0.05) is 32.0 Å². The van der Waals surface area contributed by atoms with Crippen molar-refractivity contribution >= 4 is 40.0 Å². The lowest BCUT2D eigenvalue weighted by molar-refractivity contribution is -0.137. The van der Waals surface area contributed by atoms with Gasteiger partial charge in [-0.05, 0) is 42.5 Å². The van der Waals surface area contributed by atoms with Crippen LogP contribution in [-0.4, -0.2) is 50.8 Å². The van der Waals surface area contributed by atoms with Crippen LogP contribution in [0.25, 0.3) is 11.0 Å². The molecule has 13 heteroatoms. The summed E-state index contributed by atoms with van der Waals surface area (Å²) in [6.45, 7) is 0.603. The Morgan fingerprint density at radius 2 is 2.00 bits per heavy atom. The number of anilines is 2. The number of hydroxylamine groups is 2. The number of amides is 1. The van der Waals surface area contributed by atoms with Crippen molar-refractivity contribution in [1.82, 2.24) is 24.9 Å². The molecule has 0 unspecified atom stereocenters. The summed E-state index contributed by atoms with van der Waals surface area (Å²) in [6, 6.07) is 11.1. The van der Waals surface area contributed by atoms with Crippen LogP contribution < -0.4 is 15.4 Å². The van der Waals surface area contributed by atoms with Crippen molar-refractivity contribution in [2.24, 2.45) is 0 Å². The number of rotatable bonds is 9. The molecule has 4 aromatic rings. The number of aromatic nitrogens is 3. The lowest BCUT2D eigenvalue weighted by Crippen LogP contribution is -2.35. The van der Waals surface area contributed by atoms with Gasteiger partial charge in [0.15, 0.2) is 5.82 Å². The average molecular weight is 535 g/mol. The molecule has 0 aliphatic carbocycles. The second-order valence-corrected chi connectivity index (χ2v) is 8.44. The number of alkyl halides is 3. The fraction of sp³-hybridized carbons (Fsp3) is 0.208. The largest absolute Gasteiger partial charge is 0.456 e. The number of hydrogen-bond acceptors (Lipinski definition) is 7. The highest BCUT2D eigenvalue weighted by Crippen LogP contribution is 2.36. The van der Waals surface area contributed by atoms with Crippen molar-refractivity contribution in [3.63, 3.8) is 0 Å². The van der Waals surface area contributed by atoms with E-state index in [4.69, 9.17) is 21.5 Å². The molecule has 0 aliphatic heterocycles.